The van der Waals surface area contributed by atoms with Crippen molar-refractivity contribution in [2.24, 2.45) is 0 Å². The molecule has 0 spiro atoms. The summed E-state index contributed by atoms with van der Waals surface area (Å²) in [4.78, 5) is 0. The lowest BCUT2D eigenvalue weighted by atomic mass is 9.82. The van der Waals surface area contributed by atoms with Gasteiger partial charge >= 0.3 is 0 Å². The second-order valence-electron chi connectivity index (χ2n) is 5.29. The van der Waals surface area contributed by atoms with Crippen molar-refractivity contribution < 1.29 is 4.57 Å². The normalized spacial score (nSPS) is 17.9. The second kappa shape index (κ2) is 3.38. The standard InChI is InChI=1S/C13H20N/c1-13(2,3)14-10-5-4-9-12(14)11-7-6-8-11/h4-5,9-11H,6-8H2,1-3H3/q+1. The van der Waals surface area contributed by atoms with E-state index in [9.17, 15) is 0 Å². The highest BCUT2D eigenvalue weighted by atomic mass is 15.0. The Hall–Kier alpha value is -0.850. The van der Waals surface area contributed by atoms with Crippen LogP contribution in [0, 0.1) is 0 Å². The SMILES string of the molecule is CC(C)(C)[n+]1ccccc1C1CCC1. The van der Waals surface area contributed by atoms with Gasteiger partial charge in [-0.25, -0.2) is 0 Å². The fourth-order valence-corrected chi connectivity index (χ4v) is 2.10. The van der Waals surface area contributed by atoms with Crippen LogP contribution >= 0.6 is 0 Å². The molecule has 1 nitrogen and oxygen atoms in total. The highest BCUT2D eigenvalue weighted by molar-refractivity contribution is 5.07. The van der Waals surface area contributed by atoms with Crippen LogP contribution in [0.25, 0.3) is 0 Å². The number of hydrogen-bond acceptors (Lipinski definition) is 0. The first-order valence-electron chi connectivity index (χ1n) is 5.60. The molecular weight excluding hydrogens is 170 g/mol. The zero-order chi connectivity index (χ0) is 10.2. The van der Waals surface area contributed by atoms with Gasteiger partial charge in [0, 0.05) is 38.8 Å². The first-order valence-corrected chi connectivity index (χ1v) is 5.60. The molecule has 1 aromatic rings. The Morgan fingerprint density at radius 2 is 1.93 bits per heavy atom. The maximum absolute atomic E-state index is 2.43. The van der Waals surface area contributed by atoms with Crippen molar-refractivity contribution in [3.63, 3.8) is 0 Å². The van der Waals surface area contributed by atoms with Gasteiger partial charge in [0.15, 0.2) is 17.4 Å². The third kappa shape index (κ3) is 1.68. The monoisotopic (exact) mass is 190 g/mol. The highest BCUT2D eigenvalue weighted by Gasteiger charge is 2.32. The maximum atomic E-state index is 2.43. The molecule has 0 aromatic carbocycles. The Balaban J connectivity index is 2.38. The van der Waals surface area contributed by atoms with E-state index in [1.165, 1.54) is 25.0 Å². The van der Waals surface area contributed by atoms with E-state index in [0.717, 1.165) is 5.92 Å². The number of pyridine rings is 1. The molecule has 0 aliphatic heterocycles. The van der Waals surface area contributed by atoms with E-state index >= 15 is 0 Å². The molecule has 2 rings (SSSR count). The zero-order valence-electron chi connectivity index (χ0n) is 9.46. The van der Waals surface area contributed by atoms with E-state index in [4.69, 9.17) is 0 Å². The van der Waals surface area contributed by atoms with Crippen molar-refractivity contribution in [2.45, 2.75) is 51.5 Å². The lowest BCUT2D eigenvalue weighted by Crippen LogP contribution is -2.53. The number of hydrogen-bond donors (Lipinski definition) is 0. The van der Waals surface area contributed by atoms with Crippen LogP contribution in [0.15, 0.2) is 24.4 Å². The summed E-state index contributed by atoms with van der Waals surface area (Å²) in [5.41, 5.74) is 1.73. The number of aromatic nitrogens is 1. The molecule has 0 atom stereocenters. The van der Waals surface area contributed by atoms with Crippen molar-refractivity contribution in [1.82, 2.24) is 0 Å². The molecule has 0 radical (unpaired) electrons. The molecule has 0 bridgehead atoms. The predicted molar refractivity (Wildman–Crippen MR) is 58.2 cm³/mol. The Kier molecular flexibility index (Phi) is 2.34. The number of rotatable bonds is 1. The molecule has 1 aliphatic carbocycles. The first-order chi connectivity index (χ1) is 6.59. The summed E-state index contributed by atoms with van der Waals surface area (Å²) in [5.74, 6) is 0.815. The average Bonchev–Trinajstić information content (AvgIpc) is 2.00. The molecule has 1 saturated carbocycles. The molecule has 0 N–H and O–H groups in total. The van der Waals surface area contributed by atoms with Crippen molar-refractivity contribution in [3.8, 4) is 0 Å². The molecule has 0 unspecified atom stereocenters. The van der Waals surface area contributed by atoms with Crippen LogP contribution in [0.2, 0.25) is 0 Å². The second-order valence-corrected chi connectivity index (χ2v) is 5.29. The Labute approximate surface area is 86.8 Å². The third-order valence-electron chi connectivity index (χ3n) is 3.14. The maximum Gasteiger partial charge on any atom is 0.184 e. The van der Waals surface area contributed by atoms with Crippen LogP contribution in [-0.4, -0.2) is 0 Å². The topological polar surface area (TPSA) is 3.88 Å². The Bertz CT molecular complexity index is 318. The highest BCUT2D eigenvalue weighted by Crippen LogP contribution is 2.35. The first kappa shape index (κ1) is 9.70. The summed E-state index contributed by atoms with van der Waals surface area (Å²) < 4.78 is 2.43. The van der Waals surface area contributed by atoms with Gasteiger partial charge in [-0.1, -0.05) is 12.5 Å². The van der Waals surface area contributed by atoms with E-state index in [1.807, 2.05) is 0 Å². The van der Waals surface area contributed by atoms with Crippen LogP contribution in [0.4, 0.5) is 0 Å². The van der Waals surface area contributed by atoms with E-state index < -0.39 is 0 Å². The van der Waals surface area contributed by atoms with Gasteiger partial charge in [-0.15, -0.1) is 0 Å². The van der Waals surface area contributed by atoms with Crippen molar-refractivity contribution in [3.05, 3.63) is 30.1 Å². The lowest BCUT2D eigenvalue weighted by molar-refractivity contribution is -0.761. The summed E-state index contributed by atoms with van der Waals surface area (Å²) >= 11 is 0. The van der Waals surface area contributed by atoms with Gasteiger partial charge in [0.1, 0.15) is 0 Å². The van der Waals surface area contributed by atoms with Crippen LogP contribution in [0.1, 0.15) is 51.6 Å². The molecule has 76 valence electrons. The van der Waals surface area contributed by atoms with Gasteiger partial charge in [-0.2, -0.15) is 4.57 Å². The van der Waals surface area contributed by atoms with Crippen molar-refractivity contribution >= 4 is 0 Å². The van der Waals surface area contributed by atoms with E-state index in [0.29, 0.717) is 0 Å². The van der Waals surface area contributed by atoms with Crippen LogP contribution in [0.3, 0.4) is 0 Å². The summed E-state index contributed by atoms with van der Waals surface area (Å²) in [6.07, 6.45) is 6.37. The smallest absolute Gasteiger partial charge is 0.184 e. The summed E-state index contributed by atoms with van der Waals surface area (Å²) in [7, 11) is 0. The molecule has 1 heterocycles. The summed E-state index contributed by atoms with van der Waals surface area (Å²) in [6, 6.07) is 6.58. The molecular formula is C13H20N+. The van der Waals surface area contributed by atoms with E-state index in [2.05, 4.69) is 49.7 Å². The molecule has 0 saturated heterocycles. The molecule has 14 heavy (non-hydrogen) atoms. The fourth-order valence-electron chi connectivity index (χ4n) is 2.10. The fraction of sp³-hybridized carbons (Fsp3) is 0.615. The quantitative estimate of drug-likeness (QED) is 0.599. The summed E-state index contributed by atoms with van der Waals surface area (Å²) in [6.45, 7) is 6.82. The van der Waals surface area contributed by atoms with Crippen LogP contribution in [-0.2, 0) is 5.54 Å². The predicted octanol–water partition coefficient (Wildman–Crippen LogP) is 3.00. The van der Waals surface area contributed by atoms with Crippen molar-refractivity contribution in [1.29, 1.82) is 0 Å². The lowest BCUT2D eigenvalue weighted by Gasteiger charge is -2.26. The minimum absolute atomic E-state index is 0.214. The summed E-state index contributed by atoms with van der Waals surface area (Å²) in [5, 5.41) is 0. The largest absolute Gasteiger partial charge is 0.198 e. The molecule has 1 aliphatic rings. The minimum atomic E-state index is 0.214. The average molecular weight is 190 g/mol. The van der Waals surface area contributed by atoms with Gasteiger partial charge in [0.2, 0.25) is 0 Å². The zero-order valence-corrected chi connectivity index (χ0v) is 9.46. The molecule has 1 aromatic heterocycles. The van der Waals surface area contributed by atoms with E-state index in [1.54, 1.807) is 0 Å². The Morgan fingerprint density at radius 1 is 1.21 bits per heavy atom. The van der Waals surface area contributed by atoms with Gasteiger partial charge < -0.3 is 0 Å². The van der Waals surface area contributed by atoms with Gasteiger partial charge in [0.05, 0.1) is 0 Å². The third-order valence-corrected chi connectivity index (χ3v) is 3.14. The molecule has 0 amide bonds. The molecule has 1 heteroatoms. The molecule has 1 fully saturated rings. The van der Waals surface area contributed by atoms with Gasteiger partial charge in [-0.3, -0.25) is 0 Å². The van der Waals surface area contributed by atoms with Gasteiger partial charge in [0.25, 0.3) is 0 Å². The van der Waals surface area contributed by atoms with Crippen LogP contribution < -0.4 is 4.57 Å². The van der Waals surface area contributed by atoms with Crippen LogP contribution in [0.5, 0.6) is 0 Å². The Morgan fingerprint density at radius 3 is 2.43 bits per heavy atom. The minimum Gasteiger partial charge on any atom is -0.198 e. The van der Waals surface area contributed by atoms with Gasteiger partial charge in [-0.05, 0) is 12.8 Å². The van der Waals surface area contributed by atoms with E-state index in [-0.39, 0.29) is 5.54 Å². The van der Waals surface area contributed by atoms with Crippen molar-refractivity contribution in [2.75, 3.05) is 0 Å². The number of nitrogens with zero attached hydrogens (tertiary/aromatic N) is 1.